The Balaban J connectivity index is 1.58. The number of hydrogen-bond donors (Lipinski definition) is 1. The van der Waals surface area contributed by atoms with Gasteiger partial charge in [0, 0.05) is 22.9 Å². The normalized spacial score (nSPS) is 19.9. The third kappa shape index (κ3) is 4.56. The minimum absolute atomic E-state index is 0.145. The molecular weight excluding hydrogens is 352 g/mol. The van der Waals surface area contributed by atoms with Gasteiger partial charge in [0.15, 0.2) is 0 Å². The summed E-state index contributed by atoms with van der Waals surface area (Å²) < 4.78 is 11.0. The summed E-state index contributed by atoms with van der Waals surface area (Å²) >= 11 is 0. The first-order chi connectivity index (χ1) is 13.3. The number of fused-ring (bicyclic) bond motifs is 1. The van der Waals surface area contributed by atoms with Crippen molar-refractivity contribution in [2.24, 2.45) is 5.41 Å². The van der Waals surface area contributed by atoms with Gasteiger partial charge in [-0.25, -0.2) is 4.79 Å². The van der Waals surface area contributed by atoms with Crippen LogP contribution in [-0.2, 0) is 0 Å². The van der Waals surface area contributed by atoms with Gasteiger partial charge in [-0.2, -0.15) is 0 Å². The van der Waals surface area contributed by atoms with E-state index in [9.17, 15) is 9.90 Å². The molecule has 0 fully saturated rings. The zero-order valence-corrected chi connectivity index (χ0v) is 17.2. The molecular formula is C24H30O4. The number of rotatable bonds is 6. The fourth-order valence-electron chi connectivity index (χ4n) is 3.99. The summed E-state index contributed by atoms with van der Waals surface area (Å²) in [6.45, 7) is 9.08. The maximum absolute atomic E-state index is 11.4. The van der Waals surface area contributed by atoms with Crippen LogP contribution in [0.3, 0.4) is 0 Å². The summed E-state index contributed by atoms with van der Waals surface area (Å²) in [7, 11) is 0. The predicted molar refractivity (Wildman–Crippen MR) is 113 cm³/mol. The zero-order valence-electron chi connectivity index (χ0n) is 17.2. The van der Waals surface area contributed by atoms with Crippen LogP contribution in [0, 0.1) is 5.41 Å². The maximum Gasteiger partial charge on any atom is 0.336 e. The largest absolute Gasteiger partial charge is 0.489 e. The average molecular weight is 383 g/mol. The Morgan fingerprint density at radius 2 is 2.07 bits per heavy atom. The summed E-state index contributed by atoms with van der Waals surface area (Å²) in [4.78, 5) is 11.4. The fourth-order valence-corrected chi connectivity index (χ4v) is 3.99. The molecule has 2 aromatic rings. The fraction of sp³-hybridized carbons (Fsp3) is 0.458. The molecule has 0 amide bonds. The molecule has 4 nitrogen and oxygen atoms in total. The lowest BCUT2D eigenvalue weighted by atomic mass is 9.69. The first-order valence-electron chi connectivity index (χ1n) is 9.97. The van der Waals surface area contributed by atoms with Gasteiger partial charge in [-0.05, 0) is 63.8 Å². The lowest BCUT2D eigenvalue weighted by molar-refractivity contribution is 0.0558. The number of hydrogen-bond acceptors (Lipinski definition) is 4. The smallest absolute Gasteiger partial charge is 0.336 e. The lowest BCUT2D eigenvalue weighted by Gasteiger charge is -2.39. The molecule has 4 heteroatoms. The standard InChI is InChI=1S/C24H30O4/c1-16(5-10-20-17(2)6-11-22(25)24(20,3)4)13-14-27-19-9-7-18-8-12-23(26)28-21(18)15-19/h7-9,12-13,15,22,25H,5-6,10-11,14H2,1-4H3/b16-13+/t22-/m1/s1. The Morgan fingerprint density at radius 1 is 1.32 bits per heavy atom. The van der Waals surface area contributed by atoms with E-state index in [1.54, 1.807) is 12.1 Å². The minimum atomic E-state index is -0.360. The van der Waals surface area contributed by atoms with E-state index in [1.165, 1.54) is 22.8 Å². The van der Waals surface area contributed by atoms with Gasteiger partial charge in [0.05, 0.1) is 6.10 Å². The third-order valence-corrected chi connectivity index (χ3v) is 5.96. The number of ether oxygens (including phenoxy) is 1. The molecule has 0 bridgehead atoms. The van der Waals surface area contributed by atoms with E-state index in [4.69, 9.17) is 9.15 Å². The molecule has 1 atom stereocenters. The Labute approximate surface area is 166 Å². The van der Waals surface area contributed by atoms with Crippen LogP contribution in [-0.4, -0.2) is 17.8 Å². The molecule has 0 saturated heterocycles. The molecule has 0 unspecified atom stereocenters. The number of aliphatic hydroxyl groups is 1. The van der Waals surface area contributed by atoms with E-state index in [-0.39, 0.29) is 17.1 Å². The molecule has 0 aliphatic heterocycles. The van der Waals surface area contributed by atoms with Gasteiger partial charge in [-0.15, -0.1) is 0 Å². The highest BCUT2D eigenvalue weighted by atomic mass is 16.5. The van der Waals surface area contributed by atoms with E-state index in [1.807, 2.05) is 12.1 Å². The molecule has 150 valence electrons. The van der Waals surface area contributed by atoms with Crippen molar-refractivity contribution in [3.63, 3.8) is 0 Å². The van der Waals surface area contributed by atoms with Crippen molar-refractivity contribution in [1.82, 2.24) is 0 Å². The Kier molecular flexibility index (Phi) is 6.09. The van der Waals surface area contributed by atoms with Crippen molar-refractivity contribution in [2.45, 2.75) is 59.5 Å². The second kappa shape index (κ2) is 8.36. The van der Waals surface area contributed by atoms with Crippen LogP contribution in [0.2, 0.25) is 0 Å². The molecule has 1 aromatic heterocycles. The van der Waals surface area contributed by atoms with E-state index in [0.29, 0.717) is 17.9 Å². The van der Waals surface area contributed by atoms with E-state index in [2.05, 4.69) is 33.8 Å². The van der Waals surface area contributed by atoms with Gasteiger partial charge in [0.1, 0.15) is 17.9 Å². The highest BCUT2D eigenvalue weighted by molar-refractivity contribution is 5.77. The van der Waals surface area contributed by atoms with Crippen LogP contribution in [0.5, 0.6) is 5.75 Å². The number of aliphatic hydroxyl groups excluding tert-OH is 1. The van der Waals surface area contributed by atoms with Crippen molar-refractivity contribution in [3.8, 4) is 5.75 Å². The van der Waals surface area contributed by atoms with Gasteiger partial charge in [0.2, 0.25) is 0 Å². The molecule has 0 spiro atoms. The topological polar surface area (TPSA) is 59.7 Å². The summed E-state index contributed by atoms with van der Waals surface area (Å²) in [6, 6.07) is 8.68. The van der Waals surface area contributed by atoms with Crippen LogP contribution >= 0.6 is 0 Å². The van der Waals surface area contributed by atoms with Crippen molar-refractivity contribution in [2.75, 3.05) is 6.61 Å². The third-order valence-electron chi connectivity index (χ3n) is 5.96. The van der Waals surface area contributed by atoms with Crippen LogP contribution in [0.1, 0.15) is 53.4 Å². The maximum atomic E-state index is 11.4. The Hall–Kier alpha value is -2.33. The molecule has 0 radical (unpaired) electrons. The SMILES string of the molecule is CC1=C(CC/C(C)=C/COc2ccc3ccc(=O)oc3c2)C(C)(C)[C@H](O)CC1. The molecule has 1 aromatic carbocycles. The van der Waals surface area contributed by atoms with Crippen molar-refractivity contribution in [3.05, 3.63) is 63.5 Å². The van der Waals surface area contributed by atoms with Crippen LogP contribution in [0.4, 0.5) is 0 Å². The van der Waals surface area contributed by atoms with Gasteiger partial charge in [0.25, 0.3) is 0 Å². The number of allylic oxidation sites excluding steroid dienone is 2. The van der Waals surface area contributed by atoms with Gasteiger partial charge < -0.3 is 14.3 Å². The molecule has 0 saturated carbocycles. The highest BCUT2D eigenvalue weighted by Gasteiger charge is 2.35. The van der Waals surface area contributed by atoms with Crippen LogP contribution in [0.25, 0.3) is 11.0 Å². The van der Waals surface area contributed by atoms with Gasteiger partial charge >= 0.3 is 5.63 Å². The second-order valence-corrected chi connectivity index (χ2v) is 8.35. The monoisotopic (exact) mass is 382 g/mol. The predicted octanol–water partition coefficient (Wildman–Crippen LogP) is 5.40. The van der Waals surface area contributed by atoms with E-state index < -0.39 is 0 Å². The zero-order chi connectivity index (χ0) is 20.3. The second-order valence-electron chi connectivity index (χ2n) is 8.35. The summed E-state index contributed by atoms with van der Waals surface area (Å²) in [5.41, 5.74) is 4.12. The van der Waals surface area contributed by atoms with Crippen LogP contribution < -0.4 is 10.4 Å². The van der Waals surface area contributed by atoms with E-state index >= 15 is 0 Å². The Morgan fingerprint density at radius 3 is 2.86 bits per heavy atom. The first-order valence-corrected chi connectivity index (χ1v) is 9.97. The summed E-state index contributed by atoms with van der Waals surface area (Å²) in [6.07, 6.45) is 5.61. The van der Waals surface area contributed by atoms with Crippen molar-refractivity contribution < 1.29 is 14.3 Å². The average Bonchev–Trinajstić information content (AvgIpc) is 2.64. The molecule has 1 aliphatic rings. The Bertz CT molecular complexity index is 962. The highest BCUT2D eigenvalue weighted by Crippen LogP contribution is 2.42. The summed E-state index contributed by atoms with van der Waals surface area (Å²) in [5, 5.41) is 11.2. The minimum Gasteiger partial charge on any atom is -0.489 e. The van der Waals surface area contributed by atoms with Crippen molar-refractivity contribution in [1.29, 1.82) is 0 Å². The van der Waals surface area contributed by atoms with Gasteiger partial charge in [-0.3, -0.25) is 0 Å². The van der Waals surface area contributed by atoms with Crippen molar-refractivity contribution >= 4 is 11.0 Å². The van der Waals surface area contributed by atoms with Gasteiger partial charge in [-0.1, -0.05) is 30.6 Å². The number of benzene rings is 1. The molecule has 1 N–H and O–H groups in total. The summed E-state index contributed by atoms with van der Waals surface area (Å²) in [5.74, 6) is 0.681. The van der Waals surface area contributed by atoms with E-state index in [0.717, 1.165) is 31.1 Å². The molecule has 3 rings (SSSR count). The molecule has 28 heavy (non-hydrogen) atoms. The lowest BCUT2D eigenvalue weighted by Crippen LogP contribution is -2.35. The van der Waals surface area contributed by atoms with Crippen LogP contribution in [0.15, 0.2) is 62.3 Å². The molecule has 1 heterocycles. The molecule has 1 aliphatic carbocycles. The first kappa shape index (κ1) is 20.4. The quantitative estimate of drug-likeness (QED) is 0.537.